The molecule has 5 heteroatoms. The van der Waals surface area contributed by atoms with Crippen LogP contribution in [0.3, 0.4) is 0 Å². The molecule has 1 spiro atoms. The normalized spacial score (nSPS) is 24.9. The summed E-state index contributed by atoms with van der Waals surface area (Å²) in [4.78, 5) is 15.3. The fraction of sp³-hybridized carbons (Fsp3) is 0.381. The summed E-state index contributed by atoms with van der Waals surface area (Å²) in [5, 5.41) is 0. The number of para-hydroxylation sites is 1. The van der Waals surface area contributed by atoms with E-state index in [4.69, 9.17) is 14.2 Å². The number of ether oxygens (including phenoxy) is 3. The quantitative estimate of drug-likeness (QED) is 0.731. The molecule has 0 saturated carbocycles. The van der Waals surface area contributed by atoms with Gasteiger partial charge >= 0.3 is 0 Å². The monoisotopic (exact) mass is 351 g/mol. The van der Waals surface area contributed by atoms with Crippen LogP contribution in [-0.4, -0.2) is 31.8 Å². The van der Waals surface area contributed by atoms with Crippen molar-refractivity contribution in [3.8, 4) is 17.2 Å². The van der Waals surface area contributed by atoms with Crippen LogP contribution >= 0.6 is 0 Å². The Bertz CT molecular complexity index is 936. The topological polar surface area (TPSA) is 48.0 Å². The van der Waals surface area contributed by atoms with Gasteiger partial charge in [0, 0.05) is 30.8 Å². The van der Waals surface area contributed by atoms with Crippen LogP contribution in [0.15, 0.2) is 36.4 Å². The second-order valence-electron chi connectivity index (χ2n) is 7.82. The molecule has 2 aromatic carbocycles. The molecule has 26 heavy (non-hydrogen) atoms. The molecule has 0 aromatic heterocycles. The van der Waals surface area contributed by atoms with Gasteiger partial charge in [0.15, 0.2) is 11.5 Å². The van der Waals surface area contributed by atoms with E-state index < -0.39 is 11.0 Å². The van der Waals surface area contributed by atoms with Crippen LogP contribution in [0.2, 0.25) is 0 Å². The predicted octanol–water partition coefficient (Wildman–Crippen LogP) is 3.28. The Kier molecular flexibility index (Phi) is 2.95. The first kappa shape index (κ1) is 15.6. The minimum Gasteiger partial charge on any atom is -0.487 e. The summed E-state index contributed by atoms with van der Waals surface area (Å²) in [6, 6.07) is 11.8. The number of rotatable bonds is 0. The molecule has 3 aliphatic rings. The Morgan fingerprint density at radius 1 is 0.962 bits per heavy atom. The Labute approximate surface area is 152 Å². The van der Waals surface area contributed by atoms with Crippen molar-refractivity contribution in [1.29, 1.82) is 0 Å². The lowest BCUT2D eigenvalue weighted by Crippen LogP contribution is -2.50. The first-order chi connectivity index (χ1) is 12.4. The van der Waals surface area contributed by atoms with Gasteiger partial charge in [-0.1, -0.05) is 18.2 Å². The zero-order chi connectivity index (χ0) is 18.1. The zero-order valence-electron chi connectivity index (χ0n) is 15.2. The second-order valence-corrected chi connectivity index (χ2v) is 7.82. The molecule has 134 valence electrons. The van der Waals surface area contributed by atoms with E-state index in [1.807, 2.05) is 51.2 Å². The van der Waals surface area contributed by atoms with E-state index in [0.29, 0.717) is 36.9 Å². The molecule has 3 aliphatic heterocycles. The number of carbonyl (C=O) groups is 1. The SMILES string of the molecule is CN1C(=O)C2(CC(C)(C)Oc3cc4c(cc32)OCCO4)c2ccccc21. The van der Waals surface area contributed by atoms with Gasteiger partial charge in [-0.3, -0.25) is 4.79 Å². The fourth-order valence-corrected chi connectivity index (χ4v) is 4.62. The van der Waals surface area contributed by atoms with E-state index >= 15 is 0 Å². The van der Waals surface area contributed by atoms with E-state index in [9.17, 15) is 4.79 Å². The number of amides is 1. The van der Waals surface area contributed by atoms with Gasteiger partial charge in [-0.15, -0.1) is 0 Å². The third-order valence-electron chi connectivity index (χ3n) is 5.58. The Morgan fingerprint density at radius 3 is 2.42 bits per heavy atom. The van der Waals surface area contributed by atoms with E-state index in [1.54, 1.807) is 4.90 Å². The van der Waals surface area contributed by atoms with Gasteiger partial charge in [0.2, 0.25) is 5.91 Å². The summed E-state index contributed by atoms with van der Waals surface area (Å²) in [6.45, 7) is 5.09. The number of likely N-dealkylation sites (N-methyl/N-ethyl adjacent to an activating group) is 1. The number of fused-ring (bicyclic) bond motifs is 5. The van der Waals surface area contributed by atoms with Crippen molar-refractivity contribution in [2.45, 2.75) is 31.3 Å². The van der Waals surface area contributed by atoms with Gasteiger partial charge in [-0.2, -0.15) is 0 Å². The Hall–Kier alpha value is -2.69. The third-order valence-corrected chi connectivity index (χ3v) is 5.58. The predicted molar refractivity (Wildman–Crippen MR) is 97.4 cm³/mol. The molecule has 5 nitrogen and oxygen atoms in total. The van der Waals surface area contributed by atoms with Gasteiger partial charge in [0.05, 0.1) is 0 Å². The summed E-state index contributed by atoms with van der Waals surface area (Å²) in [5.74, 6) is 2.13. The standard InChI is InChI=1S/C21H21NO4/c1-20(2)12-21(13-6-4-5-7-15(13)22(3)19(21)23)14-10-17-18(11-16(14)26-20)25-9-8-24-17/h4-7,10-11H,8-9,12H2,1-3H3. The molecule has 0 N–H and O–H groups in total. The molecular formula is C21H21NO4. The fourth-order valence-electron chi connectivity index (χ4n) is 4.62. The van der Waals surface area contributed by atoms with E-state index in [0.717, 1.165) is 16.8 Å². The van der Waals surface area contributed by atoms with Crippen molar-refractivity contribution in [3.63, 3.8) is 0 Å². The van der Waals surface area contributed by atoms with Crippen molar-refractivity contribution in [1.82, 2.24) is 0 Å². The number of anilines is 1. The maximum Gasteiger partial charge on any atom is 0.242 e. The van der Waals surface area contributed by atoms with Crippen LogP contribution in [0.5, 0.6) is 17.2 Å². The average Bonchev–Trinajstić information content (AvgIpc) is 2.83. The highest BCUT2D eigenvalue weighted by Crippen LogP contribution is 2.57. The molecule has 1 amide bonds. The van der Waals surface area contributed by atoms with Gasteiger partial charge in [0.25, 0.3) is 0 Å². The molecule has 0 saturated heterocycles. The smallest absolute Gasteiger partial charge is 0.242 e. The third kappa shape index (κ3) is 1.88. The van der Waals surface area contributed by atoms with Crippen LogP contribution in [-0.2, 0) is 10.2 Å². The first-order valence-electron chi connectivity index (χ1n) is 8.93. The van der Waals surface area contributed by atoms with Crippen molar-refractivity contribution >= 4 is 11.6 Å². The number of nitrogens with zero attached hydrogens (tertiary/aromatic N) is 1. The second kappa shape index (κ2) is 4.93. The lowest BCUT2D eigenvalue weighted by atomic mass is 9.67. The van der Waals surface area contributed by atoms with Gasteiger partial charge in [-0.25, -0.2) is 0 Å². The summed E-state index contributed by atoms with van der Waals surface area (Å²) >= 11 is 0. The lowest BCUT2D eigenvalue weighted by Gasteiger charge is -2.43. The van der Waals surface area contributed by atoms with Crippen LogP contribution in [0.25, 0.3) is 0 Å². The molecule has 0 fully saturated rings. The highest BCUT2D eigenvalue weighted by molar-refractivity contribution is 6.10. The highest BCUT2D eigenvalue weighted by atomic mass is 16.6. The molecule has 1 atom stereocenters. The molecule has 5 rings (SSSR count). The van der Waals surface area contributed by atoms with Crippen LogP contribution in [0, 0.1) is 0 Å². The molecule has 1 unspecified atom stereocenters. The van der Waals surface area contributed by atoms with Gasteiger partial charge in [-0.05, 0) is 31.5 Å². The average molecular weight is 351 g/mol. The zero-order valence-corrected chi connectivity index (χ0v) is 15.2. The van der Waals surface area contributed by atoms with E-state index in [-0.39, 0.29) is 5.91 Å². The maximum atomic E-state index is 13.6. The lowest BCUT2D eigenvalue weighted by molar-refractivity contribution is -0.124. The van der Waals surface area contributed by atoms with Crippen LogP contribution < -0.4 is 19.1 Å². The maximum absolute atomic E-state index is 13.6. The van der Waals surface area contributed by atoms with Crippen LogP contribution in [0.4, 0.5) is 5.69 Å². The number of carbonyl (C=O) groups excluding carboxylic acids is 1. The molecule has 2 aromatic rings. The summed E-state index contributed by atoms with van der Waals surface area (Å²) in [5.41, 5.74) is 1.60. The number of hydrogen-bond donors (Lipinski definition) is 0. The Balaban J connectivity index is 1.83. The summed E-state index contributed by atoms with van der Waals surface area (Å²) in [7, 11) is 1.84. The molecule has 0 radical (unpaired) electrons. The molecule has 0 aliphatic carbocycles. The first-order valence-corrected chi connectivity index (χ1v) is 8.93. The van der Waals surface area contributed by atoms with Crippen molar-refractivity contribution in [2.75, 3.05) is 25.2 Å². The van der Waals surface area contributed by atoms with Crippen molar-refractivity contribution < 1.29 is 19.0 Å². The minimum absolute atomic E-state index is 0.0769. The molecule has 0 bridgehead atoms. The summed E-state index contributed by atoms with van der Waals surface area (Å²) < 4.78 is 17.8. The van der Waals surface area contributed by atoms with Gasteiger partial charge in [0.1, 0.15) is 30.0 Å². The highest BCUT2D eigenvalue weighted by Gasteiger charge is 2.57. The molecule has 3 heterocycles. The Morgan fingerprint density at radius 2 is 1.65 bits per heavy atom. The number of hydrogen-bond acceptors (Lipinski definition) is 4. The van der Waals surface area contributed by atoms with E-state index in [1.165, 1.54) is 0 Å². The van der Waals surface area contributed by atoms with Crippen molar-refractivity contribution in [2.24, 2.45) is 0 Å². The van der Waals surface area contributed by atoms with Crippen molar-refractivity contribution in [3.05, 3.63) is 47.5 Å². The summed E-state index contributed by atoms with van der Waals surface area (Å²) in [6.07, 6.45) is 0.576. The minimum atomic E-state index is -0.766. The number of benzene rings is 2. The molecular weight excluding hydrogens is 330 g/mol. The van der Waals surface area contributed by atoms with Crippen LogP contribution in [0.1, 0.15) is 31.4 Å². The van der Waals surface area contributed by atoms with Gasteiger partial charge < -0.3 is 19.1 Å². The largest absolute Gasteiger partial charge is 0.487 e. The van der Waals surface area contributed by atoms with E-state index in [2.05, 4.69) is 6.07 Å².